The number of nitriles is 1. The molecule has 0 aliphatic carbocycles. The Hall–Kier alpha value is -2.93. The SMILES string of the molecule is CC(OC(=O)c1ccc(C#N)cc1)C(=O)Nc1cc(S(=O)(=O)N2CCCCC2)ccc1Cl. The molecule has 1 saturated heterocycles. The number of hydrogen-bond acceptors (Lipinski definition) is 6. The van der Waals surface area contributed by atoms with E-state index in [2.05, 4.69) is 5.32 Å². The topological polar surface area (TPSA) is 117 Å². The Bertz CT molecular complexity index is 1150. The van der Waals surface area contributed by atoms with E-state index in [0.29, 0.717) is 18.7 Å². The van der Waals surface area contributed by atoms with Gasteiger partial charge in [0, 0.05) is 13.1 Å². The molecule has 0 bridgehead atoms. The van der Waals surface area contributed by atoms with Gasteiger partial charge in [0.15, 0.2) is 6.10 Å². The van der Waals surface area contributed by atoms with Crippen molar-refractivity contribution in [3.8, 4) is 6.07 Å². The molecular formula is C22H22ClN3O5S. The maximum absolute atomic E-state index is 12.9. The van der Waals surface area contributed by atoms with Crippen LogP contribution in [0, 0.1) is 11.3 Å². The first-order valence-corrected chi connectivity index (χ1v) is 11.9. The molecule has 8 nitrogen and oxygen atoms in total. The molecule has 3 rings (SSSR count). The lowest BCUT2D eigenvalue weighted by Gasteiger charge is -2.26. The van der Waals surface area contributed by atoms with E-state index in [0.717, 1.165) is 19.3 Å². The lowest BCUT2D eigenvalue weighted by Crippen LogP contribution is -2.35. The van der Waals surface area contributed by atoms with Gasteiger partial charge in [0.05, 0.1) is 32.8 Å². The van der Waals surface area contributed by atoms with Crippen molar-refractivity contribution in [2.75, 3.05) is 18.4 Å². The first-order chi connectivity index (χ1) is 15.2. The van der Waals surface area contributed by atoms with Crippen LogP contribution in [-0.4, -0.2) is 43.8 Å². The predicted molar refractivity (Wildman–Crippen MR) is 119 cm³/mol. The summed E-state index contributed by atoms with van der Waals surface area (Å²) < 4.78 is 32.4. The molecule has 2 aromatic rings. The van der Waals surface area contributed by atoms with Gasteiger partial charge < -0.3 is 10.1 Å². The molecule has 0 spiro atoms. The highest BCUT2D eigenvalue weighted by Crippen LogP contribution is 2.28. The van der Waals surface area contributed by atoms with Gasteiger partial charge in [0.2, 0.25) is 10.0 Å². The molecule has 1 fully saturated rings. The lowest BCUT2D eigenvalue weighted by atomic mass is 10.1. The van der Waals surface area contributed by atoms with Crippen LogP contribution in [0.4, 0.5) is 5.69 Å². The van der Waals surface area contributed by atoms with Crippen LogP contribution in [0.2, 0.25) is 5.02 Å². The maximum Gasteiger partial charge on any atom is 0.338 e. The number of carbonyl (C=O) groups excluding carboxylic acids is 2. The van der Waals surface area contributed by atoms with Gasteiger partial charge in [0.1, 0.15) is 0 Å². The Morgan fingerprint density at radius 1 is 1.12 bits per heavy atom. The third kappa shape index (κ3) is 5.46. The fraction of sp³-hybridized carbons (Fsp3) is 0.318. The molecule has 1 N–H and O–H groups in total. The monoisotopic (exact) mass is 475 g/mol. The number of rotatable bonds is 6. The minimum Gasteiger partial charge on any atom is -0.449 e. The first kappa shape index (κ1) is 23.7. The minimum absolute atomic E-state index is 0.0290. The van der Waals surface area contributed by atoms with Crippen LogP contribution in [0.25, 0.3) is 0 Å². The molecule has 0 aromatic heterocycles. The zero-order valence-electron chi connectivity index (χ0n) is 17.4. The number of nitrogens with zero attached hydrogens (tertiary/aromatic N) is 2. The van der Waals surface area contributed by atoms with E-state index in [1.165, 1.54) is 53.7 Å². The van der Waals surface area contributed by atoms with E-state index in [1.54, 1.807) is 0 Å². The summed E-state index contributed by atoms with van der Waals surface area (Å²) >= 11 is 6.15. The number of piperidine rings is 1. The Kier molecular flexibility index (Phi) is 7.51. The average molecular weight is 476 g/mol. The van der Waals surface area contributed by atoms with Gasteiger partial charge in [-0.2, -0.15) is 9.57 Å². The number of anilines is 1. The highest BCUT2D eigenvalue weighted by atomic mass is 35.5. The molecule has 1 heterocycles. The summed E-state index contributed by atoms with van der Waals surface area (Å²) in [5.41, 5.74) is 0.689. The van der Waals surface area contributed by atoms with Crippen molar-refractivity contribution in [3.05, 3.63) is 58.6 Å². The Morgan fingerprint density at radius 3 is 2.41 bits per heavy atom. The highest BCUT2D eigenvalue weighted by Gasteiger charge is 2.27. The minimum atomic E-state index is -3.70. The van der Waals surface area contributed by atoms with Crippen LogP contribution in [0.1, 0.15) is 42.1 Å². The third-order valence-corrected chi connectivity index (χ3v) is 7.28. The number of ether oxygens (including phenoxy) is 1. The molecule has 1 aliphatic rings. The fourth-order valence-corrected chi connectivity index (χ4v) is 4.92. The zero-order valence-corrected chi connectivity index (χ0v) is 18.9. The van der Waals surface area contributed by atoms with Crippen molar-refractivity contribution in [3.63, 3.8) is 0 Å². The lowest BCUT2D eigenvalue weighted by molar-refractivity contribution is -0.123. The summed E-state index contributed by atoms with van der Waals surface area (Å²) in [7, 11) is -3.70. The van der Waals surface area contributed by atoms with Crippen LogP contribution in [0.15, 0.2) is 47.4 Å². The van der Waals surface area contributed by atoms with Gasteiger partial charge in [-0.05, 0) is 62.2 Å². The standard InChI is InChI=1S/C22H22ClN3O5S/c1-15(31-22(28)17-7-5-16(14-24)6-8-17)21(27)25-20-13-18(9-10-19(20)23)32(29,30)26-11-3-2-4-12-26/h5-10,13,15H,2-4,11-12H2,1H3,(H,25,27). The van der Waals surface area contributed by atoms with Crippen molar-refractivity contribution in [2.24, 2.45) is 0 Å². The van der Waals surface area contributed by atoms with Crippen LogP contribution < -0.4 is 5.32 Å². The van der Waals surface area contributed by atoms with Crippen LogP contribution in [0.3, 0.4) is 0 Å². The second kappa shape index (κ2) is 10.1. The molecule has 1 atom stereocenters. The van der Waals surface area contributed by atoms with Gasteiger partial charge in [-0.15, -0.1) is 0 Å². The van der Waals surface area contributed by atoms with Gasteiger partial charge in [-0.1, -0.05) is 18.0 Å². The Labute approximate surface area is 191 Å². The largest absolute Gasteiger partial charge is 0.449 e. The molecule has 0 saturated carbocycles. The van der Waals surface area contributed by atoms with E-state index in [1.807, 2.05) is 6.07 Å². The van der Waals surface area contributed by atoms with Crippen molar-refractivity contribution >= 4 is 39.2 Å². The van der Waals surface area contributed by atoms with Crippen molar-refractivity contribution in [1.82, 2.24) is 4.31 Å². The molecule has 10 heteroatoms. The van der Waals surface area contributed by atoms with Gasteiger partial charge in [-0.3, -0.25) is 4.79 Å². The first-order valence-electron chi connectivity index (χ1n) is 10.0. The number of amides is 1. The summed E-state index contributed by atoms with van der Waals surface area (Å²) in [6.07, 6.45) is 1.43. The van der Waals surface area contributed by atoms with Gasteiger partial charge in [0.25, 0.3) is 5.91 Å². The summed E-state index contributed by atoms with van der Waals surface area (Å²) in [5.74, 6) is -1.40. The normalized spacial score (nSPS) is 15.4. The molecule has 32 heavy (non-hydrogen) atoms. The van der Waals surface area contributed by atoms with Crippen LogP contribution in [-0.2, 0) is 19.6 Å². The van der Waals surface area contributed by atoms with E-state index >= 15 is 0 Å². The second-order valence-corrected chi connectivity index (χ2v) is 9.68. The van der Waals surface area contributed by atoms with E-state index in [4.69, 9.17) is 21.6 Å². The van der Waals surface area contributed by atoms with Crippen LogP contribution in [0.5, 0.6) is 0 Å². The number of halogens is 1. The summed E-state index contributed by atoms with van der Waals surface area (Å²) in [4.78, 5) is 24.8. The quantitative estimate of drug-likeness (QED) is 0.638. The summed E-state index contributed by atoms with van der Waals surface area (Å²) in [5, 5.41) is 11.5. The number of nitrogens with one attached hydrogen (secondary N) is 1. The number of benzene rings is 2. The highest BCUT2D eigenvalue weighted by molar-refractivity contribution is 7.89. The van der Waals surface area contributed by atoms with Crippen molar-refractivity contribution in [1.29, 1.82) is 5.26 Å². The molecule has 168 valence electrons. The van der Waals surface area contributed by atoms with Crippen molar-refractivity contribution in [2.45, 2.75) is 37.2 Å². The molecule has 0 radical (unpaired) electrons. The number of sulfonamides is 1. The number of esters is 1. The van der Waals surface area contributed by atoms with E-state index < -0.39 is 28.0 Å². The van der Waals surface area contributed by atoms with E-state index in [9.17, 15) is 18.0 Å². The average Bonchev–Trinajstić information content (AvgIpc) is 2.80. The van der Waals surface area contributed by atoms with Gasteiger partial charge >= 0.3 is 5.97 Å². The van der Waals surface area contributed by atoms with E-state index in [-0.39, 0.29) is 21.2 Å². The third-order valence-electron chi connectivity index (χ3n) is 5.05. The van der Waals surface area contributed by atoms with Gasteiger partial charge in [-0.25, -0.2) is 13.2 Å². The predicted octanol–water partition coefficient (Wildman–Crippen LogP) is 3.57. The number of hydrogen-bond donors (Lipinski definition) is 1. The smallest absolute Gasteiger partial charge is 0.338 e. The van der Waals surface area contributed by atoms with Crippen LogP contribution >= 0.6 is 11.6 Å². The Balaban J connectivity index is 1.70. The molecule has 1 aliphatic heterocycles. The Morgan fingerprint density at radius 2 is 1.78 bits per heavy atom. The summed E-state index contributed by atoms with van der Waals surface area (Å²) in [6, 6.07) is 11.8. The number of carbonyl (C=O) groups is 2. The molecule has 1 unspecified atom stereocenters. The molecule has 1 amide bonds. The molecular weight excluding hydrogens is 454 g/mol. The fourth-order valence-electron chi connectivity index (χ4n) is 3.21. The van der Waals surface area contributed by atoms with Crippen molar-refractivity contribution < 1.29 is 22.7 Å². The second-order valence-electron chi connectivity index (χ2n) is 7.33. The maximum atomic E-state index is 12.9. The molecule has 2 aromatic carbocycles. The summed E-state index contributed by atoms with van der Waals surface area (Å²) in [6.45, 7) is 2.29. The zero-order chi connectivity index (χ0) is 23.3.